The van der Waals surface area contributed by atoms with E-state index in [1.807, 2.05) is 31.2 Å². The number of aliphatic hydroxyl groups is 1. The first-order valence-corrected chi connectivity index (χ1v) is 8.84. The van der Waals surface area contributed by atoms with Gasteiger partial charge in [0, 0.05) is 7.05 Å². The van der Waals surface area contributed by atoms with Crippen LogP contribution < -0.4 is 14.2 Å². The highest BCUT2D eigenvalue weighted by atomic mass is 16.5. The number of benzene rings is 2. The van der Waals surface area contributed by atoms with Gasteiger partial charge in [-0.15, -0.1) is 0 Å². The fourth-order valence-corrected chi connectivity index (χ4v) is 2.71. The third kappa shape index (κ3) is 5.62. The minimum atomic E-state index is -0.820. The third-order valence-electron chi connectivity index (χ3n) is 4.25. The van der Waals surface area contributed by atoms with Crippen LogP contribution in [-0.4, -0.2) is 50.3 Å². The highest BCUT2D eigenvalue weighted by Gasteiger charge is 2.17. The second-order valence-electron chi connectivity index (χ2n) is 6.16. The number of hydrogen-bond donors (Lipinski definition) is 1. The van der Waals surface area contributed by atoms with Crippen LogP contribution in [0.4, 0.5) is 0 Å². The number of nitrogens with zero attached hydrogens (tertiary/aromatic N) is 1. The van der Waals surface area contributed by atoms with E-state index in [0.717, 1.165) is 11.3 Å². The second kappa shape index (κ2) is 9.83. The Morgan fingerprint density at radius 3 is 2.33 bits per heavy atom. The van der Waals surface area contributed by atoms with Gasteiger partial charge in [-0.05, 0) is 42.3 Å². The summed E-state index contributed by atoms with van der Waals surface area (Å²) in [6, 6.07) is 12.7. The van der Waals surface area contributed by atoms with E-state index in [1.165, 1.54) is 4.90 Å². The summed E-state index contributed by atoms with van der Waals surface area (Å²) in [5, 5.41) is 10.5. The monoisotopic (exact) mass is 373 g/mol. The summed E-state index contributed by atoms with van der Waals surface area (Å²) in [7, 11) is 4.78. The van der Waals surface area contributed by atoms with Gasteiger partial charge in [-0.2, -0.15) is 0 Å². The lowest BCUT2D eigenvalue weighted by molar-refractivity contribution is -0.130. The maximum atomic E-state index is 12.5. The van der Waals surface area contributed by atoms with E-state index in [9.17, 15) is 9.90 Å². The van der Waals surface area contributed by atoms with Crippen molar-refractivity contribution < 1.29 is 24.1 Å². The molecule has 2 aromatic rings. The molecule has 6 heteroatoms. The lowest BCUT2D eigenvalue weighted by atomic mass is 10.1. The Bertz CT molecular complexity index is 745. The van der Waals surface area contributed by atoms with E-state index in [0.29, 0.717) is 23.7 Å². The number of carbonyl (C=O) groups is 1. The molecule has 0 aliphatic rings. The predicted molar refractivity (Wildman–Crippen MR) is 103 cm³/mol. The minimum absolute atomic E-state index is 0.0707. The normalized spacial score (nSPS) is 11.6. The Labute approximate surface area is 160 Å². The summed E-state index contributed by atoms with van der Waals surface area (Å²) in [6.07, 6.45) is -0.555. The van der Waals surface area contributed by atoms with Crippen molar-refractivity contribution in [2.45, 2.75) is 19.4 Å². The zero-order valence-electron chi connectivity index (χ0n) is 16.3. The van der Waals surface area contributed by atoms with E-state index in [1.54, 1.807) is 39.5 Å². The van der Waals surface area contributed by atoms with Crippen LogP contribution in [0.25, 0.3) is 0 Å². The average molecular weight is 373 g/mol. The van der Waals surface area contributed by atoms with Crippen LogP contribution in [0, 0.1) is 0 Å². The van der Waals surface area contributed by atoms with Crippen molar-refractivity contribution in [2.24, 2.45) is 0 Å². The van der Waals surface area contributed by atoms with Crippen molar-refractivity contribution >= 4 is 5.91 Å². The maximum Gasteiger partial charge on any atom is 0.226 e. The van der Waals surface area contributed by atoms with Crippen molar-refractivity contribution in [2.75, 3.05) is 34.4 Å². The van der Waals surface area contributed by atoms with Crippen LogP contribution in [0.1, 0.15) is 24.2 Å². The van der Waals surface area contributed by atoms with Crippen molar-refractivity contribution in [1.29, 1.82) is 0 Å². The first-order valence-electron chi connectivity index (χ1n) is 8.84. The molecule has 146 valence electrons. The van der Waals surface area contributed by atoms with Gasteiger partial charge in [-0.3, -0.25) is 4.79 Å². The summed E-state index contributed by atoms with van der Waals surface area (Å²) in [6.45, 7) is 2.72. The van der Waals surface area contributed by atoms with E-state index in [4.69, 9.17) is 14.2 Å². The molecule has 6 nitrogen and oxygen atoms in total. The van der Waals surface area contributed by atoms with Gasteiger partial charge < -0.3 is 24.2 Å². The SMILES string of the molecule is CCOc1ccc(CC(=O)N(C)CC(O)c2ccc(OC)c(OC)c2)cc1. The van der Waals surface area contributed by atoms with E-state index >= 15 is 0 Å². The lowest BCUT2D eigenvalue weighted by Gasteiger charge is -2.22. The first kappa shape index (κ1) is 20.6. The van der Waals surface area contributed by atoms with Crippen molar-refractivity contribution in [3.63, 3.8) is 0 Å². The highest BCUT2D eigenvalue weighted by Crippen LogP contribution is 2.30. The van der Waals surface area contributed by atoms with Crippen molar-refractivity contribution in [3.05, 3.63) is 53.6 Å². The molecule has 1 N–H and O–H groups in total. The van der Waals surface area contributed by atoms with Gasteiger partial charge in [0.2, 0.25) is 5.91 Å². The summed E-state index contributed by atoms with van der Waals surface area (Å²) < 4.78 is 15.9. The molecule has 1 unspecified atom stereocenters. The molecule has 0 saturated heterocycles. The molecule has 0 fully saturated rings. The Morgan fingerprint density at radius 2 is 1.74 bits per heavy atom. The zero-order valence-corrected chi connectivity index (χ0v) is 16.3. The topological polar surface area (TPSA) is 68.2 Å². The molecule has 0 aromatic heterocycles. The van der Waals surface area contributed by atoms with Gasteiger partial charge in [0.1, 0.15) is 5.75 Å². The highest BCUT2D eigenvalue weighted by molar-refractivity contribution is 5.78. The largest absolute Gasteiger partial charge is 0.494 e. The fraction of sp³-hybridized carbons (Fsp3) is 0.381. The van der Waals surface area contributed by atoms with E-state index in [2.05, 4.69) is 0 Å². The van der Waals surface area contributed by atoms with Crippen molar-refractivity contribution in [3.8, 4) is 17.2 Å². The molecular formula is C21H27NO5. The maximum absolute atomic E-state index is 12.5. The van der Waals surface area contributed by atoms with Gasteiger partial charge >= 0.3 is 0 Å². The number of hydrogen-bond acceptors (Lipinski definition) is 5. The number of likely N-dealkylation sites (N-methyl/N-ethyl adjacent to an activating group) is 1. The molecule has 1 atom stereocenters. The Balaban J connectivity index is 1.96. The molecule has 0 radical (unpaired) electrons. The van der Waals surface area contributed by atoms with Crippen molar-refractivity contribution in [1.82, 2.24) is 4.90 Å². The van der Waals surface area contributed by atoms with Gasteiger partial charge in [-0.25, -0.2) is 0 Å². The first-order chi connectivity index (χ1) is 13.0. The fourth-order valence-electron chi connectivity index (χ4n) is 2.71. The molecule has 2 rings (SSSR count). The van der Waals surface area contributed by atoms with Crippen LogP contribution >= 0.6 is 0 Å². The van der Waals surface area contributed by atoms with Gasteiger partial charge in [0.15, 0.2) is 11.5 Å². The molecule has 0 bridgehead atoms. The molecule has 1 amide bonds. The van der Waals surface area contributed by atoms with Crippen LogP contribution in [0.15, 0.2) is 42.5 Å². The van der Waals surface area contributed by atoms with Crippen LogP contribution in [-0.2, 0) is 11.2 Å². The standard InChI is InChI=1S/C21H27NO5/c1-5-27-17-9-6-15(7-10-17)12-21(24)22(2)14-18(23)16-8-11-19(25-3)20(13-16)26-4/h6-11,13,18,23H,5,12,14H2,1-4H3. The smallest absolute Gasteiger partial charge is 0.226 e. The molecule has 0 heterocycles. The van der Waals surface area contributed by atoms with Gasteiger partial charge in [0.05, 0.1) is 39.9 Å². The number of carbonyl (C=O) groups excluding carboxylic acids is 1. The molecule has 0 aliphatic heterocycles. The molecule has 2 aromatic carbocycles. The molecule has 0 spiro atoms. The van der Waals surface area contributed by atoms with Crippen LogP contribution in [0.5, 0.6) is 17.2 Å². The Morgan fingerprint density at radius 1 is 1.07 bits per heavy atom. The zero-order chi connectivity index (χ0) is 19.8. The summed E-state index contributed by atoms with van der Waals surface area (Å²) >= 11 is 0. The Hall–Kier alpha value is -2.73. The average Bonchev–Trinajstić information content (AvgIpc) is 2.68. The number of rotatable bonds is 9. The molecule has 0 saturated carbocycles. The lowest BCUT2D eigenvalue weighted by Crippen LogP contribution is -2.32. The summed E-state index contributed by atoms with van der Waals surface area (Å²) in [5.74, 6) is 1.84. The summed E-state index contributed by atoms with van der Waals surface area (Å²) in [4.78, 5) is 14.0. The quantitative estimate of drug-likeness (QED) is 0.732. The van der Waals surface area contributed by atoms with Gasteiger partial charge in [0.25, 0.3) is 0 Å². The Kier molecular flexibility index (Phi) is 7.49. The van der Waals surface area contributed by atoms with E-state index in [-0.39, 0.29) is 18.9 Å². The minimum Gasteiger partial charge on any atom is -0.494 e. The second-order valence-corrected chi connectivity index (χ2v) is 6.16. The number of aliphatic hydroxyl groups excluding tert-OH is 1. The molecular weight excluding hydrogens is 346 g/mol. The van der Waals surface area contributed by atoms with Gasteiger partial charge in [-0.1, -0.05) is 18.2 Å². The number of methoxy groups -OCH3 is 2. The predicted octanol–water partition coefficient (Wildman–Crippen LogP) is 2.84. The third-order valence-corrected chi connectivity index (χ3v) is 4.25. The van der Waals surface area contributed by atoms with Crippen LogP contribution in [0.3, 0.4) is 0 Å². The molecule has 27 heavy (non-hydrogen) atoms. The summed E-state index contributed by atoms with van der Waals surface area (Å²) in [5.41, 5.74) is 1.56. The van der Waals surface area contributed by atoms with E-state index < -0.39 is 6.10 Å². The number of amides is 1. The molecule has 0 aliphatic carbocycles. The van der Waals surface area contributed by atoms with Crippen LogP contribution in [0.2, 0.25) is 0 Å². The number of ether oxygens (including phenoxy) is 3.